The van der Waals surface area contributed by atoms with Gasteiger partial charge in [-0.25, -0.2) is 4.39 Å². The number of methoxy groups -OCH3 is 1. The van der Waals surface area contributed by atoms with E-state index in [0.717, 1.165) is 27.8 Å². The number of aryl methyl sites for hydroxylation is 1. The number of hydrogen-bond donors (Lipinski definition) is 0. The van der Waals surface area contributed by atoms with Gasteiger partial charge in [-0.1, -0.05) is 0 Å². The first kappa shape index (κ1) is 15.3. The van der Waals surface area contributed by atoms with Crippen molar-refractivity contribution in [2.45, 2.75) is 0 Å². The van der Waals surface area contributed by atoms with Crippen LogP contribution in [-0.4, -0.2) is 26.9 Å². The molecule has 0 aliphatic heterocycles. The van der Waals surface area contributed by atoms with E-state index in [4.69, 9.17) is 4.74 Å². The van der Waals surface area contributed by atoms with Crippen molar-refractivity contribution in [3.8, 4) is 28.3 Å². The van der Waals surface area contributed by atoms with Crippen LogP contribution in [-0.2, 0) is 7.05 Å². The van der Waals surface area contributed by atoms with Gasteiger partial charge in [-0.15, -0.1) is 0 Å². The average molecular weight is 334 g/mol. The van der Waals surface area contributed by atoms with Gasteiger partial charge in [0.25, 0.3) is 0 Å². The first-order chi connectivity index (χ1) is 12.2. The molecule has 0 radical (unpaired) electrons. The van der Waals surface area contributed by atoms with Gasteiger partial charge >= 0.3 is 0 Å². The van der Waals surface area contributed by atoms with Crippen LogP contribution < -0.4 is 4.74 Å². The van der Waals surface area contributed by atoms with E-state index >= 15 is 0 Å². The van der Waals surface area contributed by atoms with Crippen molar-refractivity contribution in [1.82, 2.24) is 19.7 Å². The second kappa shape index (κ2) is 5.98. The smallest absolute Gasteiger partial charge is 0.141 e. The Balaban J connectivity index is 1.94. The summed E-state index contributed by atoms with van der Waals surface area (Å²) in [5, 5.41) is 5.50. The van der Waals surface area contributed by atoms with E-state index in [1.165, 1.54) is 12.3 Å². The molecule has 6 heteroatoms. The van der Waals surface area contributed by atoms with Gasteiger partial charge in [0.05, 0.1) is 24.5 Å². The van der Waals surface area contributed by atoms with Gasteiger partial charge in [0.2, 0.25) is 0 Å². The van der Waals surface area contributed by atoms with Gasteiger partial charge in [-0.3, -0.25) is 14.6 Å². The van der Waals surface area contributed by atoms with E-state index in [0.29, 0.717) is 11.4 Å². The Labute approximate surface area is 143 Å². The van der Waals surface area contributed by atoms with Crippen LogP contribution in [0.25, 0.3) is 33.4 Å². The molecular weight excluding hydrogens is 319 g/mol. The fourth-order valence-electron chi connectivity index (χ4n) is 2.88. The summed E-state index contributed by atoms with van der Waals surface area (Å²) < 4.78 is 20.2. The van der Waals surface area contributed by atoms with Crippen LogP contribution >= 0.6 is 0 Å². The van der Waals surface area contributed by atoms with E-state index in [1.807, 2.05) is 37.5 Å². The molecule has 3 heterocycles. The molecule has 25 heavy (non-hydrogen) atoms. The Kier molecular flexibility index (Phi) is 3.65. The Morgan fingerprint density at radius 1 is 1.04 bits per heavy atom. The molecule has 0 unspecified atom stereocenters. The number of fused-ring (bicyclic) bond motifs is 1. The molecule has 0 aliphatic carbocycles. The summed E-state index contributed by atoms with van der Waals surface area (Å²) in [6, 6.07) is 10.7. The van der Waals surface area contributed by atoms with Crippen molar-refractivity contribution in [2.75, 3.05) is 7.11 Å². The van der Waals surface area contributed by atoms with Crippen LogP contribution in [0.4, 0.5) is 4.39 Å². The van der Waals surface area contributed by atoms with E-state index in [9.17, 15) is 4.39 Å². The number of benzene rings is 1. The van der Waals surface area contributed by atoms with Crippen LogP contribution in [0.3, 0.4) is 0 Å². The highest BCUT2D eigenvalue weighted by Gasteiger charge is 2.16. The van der Waals surface area contributed by atoms with Crippen molar-refractivity contribution in [2.24, 2.45) is 7.05 Å². The Bertz CT molecular complexity index is 1060. The van der Waals surface area contributed by atoms with Crippen molar-refractivity contribution >= 4 is 10.9 Å². The van der Waals surface area contributed by atoms with Crippen molar-refractivity contribution in [3.05, 3.63) is 60.8 Å². The monoisotopic (exact) mass is 334 g/mol. The quantitative estimate of drug-likeness (QED) is 0.571. The summed E-state index contributed by atoms with van der Waals surface area (Å²) >= 11 is 0. The zero-order chi connectivity index (χ0) is 17.4. The predicted octanol–water partition coefficient (Wildman–Crippen LogP) is 3.85. The molecule has 0 aliphatic rings. The summed E-state index contributed by atoms with van der Waals surface area (Å²) in [4.78, 5) is 8.59. The minimum absolute atomic E-state index is 0.373. The number of nitrogens with zero attached hydrogens (tertiary/aromatic N) is 4. The number of pyridine rings is 2. The molecule has 0 saturated carbocycles. The molecule has 1 aromatic carbocycles. The lowest BCUT2D eigenvalue weighted by Crippen LogP contribution is -1.91. The molecule has 124 valence electrons. The van der Waals surface area contributed by atoms with Crippen LogP contribution in [0.15, 0.2) is 55.0 Å². The van der Waals surface area contributed by atoms with Gasteiger partial charge in [0, 0.05) is 36.5 Å². The largest absolute Gasteiger partial charge is 0.497 e. The Hall–Kier alpha value is -3.28. The molecule has 4 rings (SSSR count). The van der Waals surface area contributed by atoms with Gasteiger partial charge in [-0.2, -0.15) is 5.10 Å². The standard InChI is InChI=1S/C19H15FN4O/c1-24-11-16(19(23-24)17-6-3-12(20)10-22-17)14-7-8-21-18-9-13(25-2)4-5-15(14)18/h3-11H,1-2H3. The van der Waals surface area contributed by atoms with Crippen LogP contribution in [0.1, 0.15) is 0 Å². The van der Waals surface area contributed by atoms with Gasteiger partial charge in [0.1, 0.15) is 17.3 Å². The maximum Gasteiger partial charge on any atom is 0.141 e. The molecule has 4 aromatic rings. The number of hydrogen-bond acceptors (Lipinski definition) is 4. The Morgan fingerprint density at radius 2 is 1.92 bits per heavy atom. The van der Waals surface area contributed by atoms with Crippen molar-refractivity contribution < 1.29 is 9.13 Å². The third kappa shape index (κ3) is 2.71. The maximum absolute atomic E-state index is 13.2. The average Bonchev–Trinajstić information content (AvgIpc) is 3.03. The normalized spacial score (nSPS) is 11.0. The van der Waals surface area contributed by atoms with E-state index in [2.05, 4.69) is 15.1 Å². The molecule has 0 fully saturated rings. The molecule has 0 bridgehead atoms. The molecule has 0 spiro atoms. The molecule has 5 nitrogen and oxygen atoms in total. The summed E-state index contributed by atoms with van der Waals surface area (Å²) in [7, 11) is 3.48. The van der Waals surface area contributed by atoms with Crippen LogP contribution in [0.5, 0.6) is 5.75 Å². The molecule has 3 aromatic heterocycles. The van der Waals surface area contributed by atoms with Gasteiger partial charge in [0.15, 0.2) is 0 Å². The highest BCUT2D eigenvalue weighted by Crippen LogP contribution is 2.35. The highest BCUT2D eigenvalue weighted by molar-refractivity contribution is 5.98. The first-order valence-electron chi connectivity index (χ1n) is 7.74. The van der Waals surface area contributed by atoms with Gasteiger partial charge in [-0.05, 0) is 35.9 Å². The second-order valence-corrected chi connectivity index (χ2v) is 5.67. The van der Waals surface area contributed by atoms with Crippen molar-refractivity contribution in [3.63, 3.8) is 0 Å². The maximum atomic E-state index is 13.2. The van der Waals surface area contributed by atoms with Crippen LogP contribution in [0.2, 0.25) is 0 Å². The fourth-order valence-corrected chi connectivity index (χ4v) is 2.88. The van der Waals surface area contributed by atoms with E-state index in [1.54, 1.807) is 24.1 Å². The summed E-state index contributed by atoms with van der Waals surface area (Å²) in [6.07, 6.45) is 4.88. The molecule has 0 amide bonds. The number of ether oxygens (including phenoxy) is 1. The van der Waals surface area contributed by atoms with Crippen molar-refractivity contribution in [1.29, 1.82) is 0 Å². The number of rotatable bonds is 3. The predicted molar refractivity (Wildman–Crippen MR) is 93.7 cm³/mol. The zero-order valence-electron chi connectivity index (χ0n) is 13.8. The molecule has 0 saturated heterocycles. The van der Waals surface area contributed by atoms with E-state index in [-0.39, 0.29) is 5.82 Å². The summed E-state index contributed by atoms with van der Waals surface area (Å²) in [5.74, 6) is 0.381. The highest BCUT2D eigenvalue weighted by atomic mass is 19.1. The first-order valence-corrected chi connectivity index (χ1v) is 7.74. The minimum atomic E-state index is -0.373. The zero-order valence-corrected chi connectivity index (χ0v) is 13.8. The Morgan fingerprint density at radius 3 is 2.68 bits per heavy atom. The lowest BCUT2D eigenvalue weighted by molar-refractivity contribution is 0.415. The van der Waals surface area contributed by atoms with Gasteiger partial charge < -0.3 is 4.74 Å². The lowest BCUT2D eigenvalue weighted by Gasteiger charge is -2.08. The number of halogens is 1. The minimum Gasteiger partial charge on any atom is -0.497 e. The molecule has 0 N–H and O–H groups in total. The SMILES string of the molecule is COc1ccc2c(-c3cn(C)nc3-c3ccc(F)cn3)ccnc2c1. The van der Waals surface area contributed by atoms with Crippen LogP contribution in [0, 0.1) is 5.82 Å². The molecular formula is C19H15FN4O. The third-order valence-electron chi connectivity index (χ3n) is 4.04. The topological polar surface area (TPSA) is 52.8 Å². The molecule has 0 atom stereocenters. The summed E-state index contributed by atoms with van der Waals surface area (Å²) in [5.41, 5.74) is 4.06. The van der Waals surface area contributed by atoms with E-state index < -0.39 is 0 Å². The third-order valence-corrected chi connectivity index (χ3v) is 4.04. The number of aromatic nitrogens is 4. The fraction of sp³-hybridized carbons (Fsp3) is 0.105. The summed E-state index contributed by atoms with van der Waals surface area (Å²) in [6.45, 7) is 0. The lowest BCUT2D eigenvalue weighted by atomic mass is 10.0. The second-order valence-electron chi connectivity index (χ2n) is 5.67.